The van der Waals surface area contributed by atoms with Crippen LogP contribution in [-0.2, 0) is 4.79 Å². The number of thiazole rings is 1. The molecule has 2 amide bonds. The molecular weight excluding hydrogens is 404 g/mol. The third-order valence-electron chi connectivity index (χ3n) is 4.53. The number of aromatic nitrogens is 5. The minimum absolute atomic E-state index is 0.194. The second-order valence-electron chi connectivity index (χ2n) is 7.00. The Morgan fingerprint density at radius 1 is 1.20 bits per heavy atom. The molecule has 0 fully saturated rings. The Morgan fingerprint density at radius 2 is 2.03 bits per heavy atom. The smallest absolute Gasteiger partial charge is 0.289 e. The molecule has 2 N–H and O–H groups in total. The van der Waals surface area contributed by atoms with E-state index in [1.165, 1.54) is 13.4 Å². The van der Waals surface area contributed by atoms with E-state index in [1.54, 1.807) is 6.20 Å². The molecule has 0 aliphatic heterocycles. The highest BCUT2D eigenvalue weighted by atomic mass is 32.1. The number of hydrogen-bond donors (Lipinski definition) is 2. The first-order valence-electron chi connectivity index (χ1n) is 9.19. The summed E-state index contributed by atoms with van der Waals surface area (Å²) in [6, 6.07) is 5.74. The number of aromatic amines is 1. The van der Waals surface area contributed by atoms with Gasteiger partial charge in [0.1, 0.15) is 16.7 Å². The van der Waals surface area contributed by atoms with Crippen molar-refractivity contribution >= 4 is 55.9 Å². The predicted octanol–water partition coefficient (Wildman–Crippen LogP) is 2.26. The lowest BCUT2D eigenvalue weighted by Crippen LogP contribution is -2.34. The Labute approximate surface area is 175 Å². The van der Waals surface area contributed by atoms with Gasteiger partial charge in [-0.3, -0.25) is 19.6 Å². The van der Waals surface area contributed by atoms with Gasteiger partial charge in [-0.25, -0.2) is 15.0 Å². The molecule has 0 unspecified atom stereocenters. The first-order valence-corrected chi connectivity index (χ1v) is 10.0. The van der Waals surface area contributed by atoms with Gasteiger partial charge in [-0.2, -0.15) is 5.10 Å². The highest BCUT2D eigenvalue weighted by Gasteiger charge is 2.23. The number of carbonyl (C=O) groups is 2. The number of nitrogens with one attached hydrogen (secondary N) is 2. The maximum absolute atomic E-state index is 12.7. The molecule has 4 aromatic rings. The summed E-state index contributed by atoms with van der Waals surface area (Å²) >= 11 is 1.13. The minimum atomic E-state index is -0.451. The van der Waals surface area contributed by atoms with E-state index >= 15 is 0 Å². The molecule has 3 aromatic heterocycles. The molecule has 154 valence electrons. The zero-order valence-electron chi connectivity index (χ0n) is 16.7. The van der Waals surface area contributed by atoms with E-state index in [9.17, 15) is 9.59 Å². The lowest BCUT2D eigenvalue weighted by atomic mass is 10.2. The Balaban J connectivity index is 1.58. The van der Waals surface area contributed by atoms with Gasteiger partial charge in [0.2, 0.25) is 5.91 Å². The summed E-state index contributed by atoms with van der Waals surface area (Å²) in [6.45, 7) is 0.566. The molecule has 0 aliphatic rings. The Kier molecular flexibility index (Phi) is 5.38. The van der Waals surface area contributed by atoms with Crippen molar-refractivity contribution in [3.63, 3.8) is 0 Å². The van der Waals surface area contributed by atoms with Crippen LogP contribution in [0.15, 0.2) is 30.7 Å². The van der Waals surface area contributed by atoms with E-state index in [2.05, 4.69) is 30.5 Å². The van der Waals surface area contributed by atoms with Crippen molar-refractivity contribution in [1.29, 1.82) is 0 Å². The van der Waals surface area contributed by atoms with Crippen LogP contribution in [0.2, 0.25) is 0 Å². The summed E-state index contributed by atoms with van der Waals surface area (Å²) < 4.78 is 0. The van der Waals surface area contributed by atoms with Crippen LogP contribution >= 0.6 is 11.3 Å². The van der Waals surface area contributed by atoms with Gasteiger partial charge in [0, 0.05) is 31.1 Å². The van der Waals surface area contributed by atoms with Crippen molar-refractivity contribution in [2.24, 2.45) is 0 Å². The van der Waals surface area contributed by atoms with Crippen molar-refractivity contribution in [2.75, 3.05) is 33.0 Å². The first kappa shape index (κ1) is 19.9. The number of hydrogen-bond acceptors (Lipinski definition) is 9. The number of rotatable bonds is 6. The van der Waals surface area contributed by atoms with Crippen molar-refractivity contribution in [3.05, 3.63) is 35.7 Å². The molecule has 0 bridgehead atoms. The number of fused-ring (bicyclic) bond motifs is 2. The topological polar surface area (TPSA) is 120 Å². The normalized spacial score (nSPS) is 11.3. The fraction of sp³-hybridized carbons (Fsp3) is 0.263. The van der Waals surface area contributed by atoms with E-state index in [0.717, 1.165) is 32.8 Å². The molecule has 4 rings (SSSR count). The van der Waals surface area contributed by atoms with E-state index in [4.69, 9.17) is 0 Å². The number of anilines is 2. The standard InChI is InChI=1S/C19H20N8O2S/c1-26(2)7-6-14(28)27(3)19(29)18-24-15-16(20-10-21-17(15)30-18)23-12-4-5-13-11(8-12)9-22-25-13/h4-5,8-10H,6-7H2,1-3H3,(H,22,25)(H,20,21,23). The quantitative estimate of drug-likeness (QED) is 0.484. The van der Waals surface area contributed by atoms with E-state index in [0.29, 0.717) is 22.7 Å². The Bertz CT molecular complexity index is 1230. The summed E-state index contributed by atoms with van der Waals surface area (Å²) in [5.74, 6) is -0.224. The zero-order chi connectivity index (χ0) is 21.3. The fourth-order valence-electron chi connectivity index (χ4n) is 2.84. The van der Waals surface area contributed by atoms with E-state index in [-0.39, 0.29) is 17.3 Å². The van der Waals surface area contributed by atoms with Gasteiger partial charge in [-0.15, -0.1) is 0 Å². The van der Waals surface area contributed by atoms with Gasteiger partial charge in [-0.05, 0) is 32.3 Å². The number of amides is 2. The highest BCUT2D eigenvalue weighted by molar-refractivity contribution is 7.20. The molecule has 11 heteroatoms. The SMILES string of the molecule is CN(C)CCC(=O)N(C)C(=O)c1nc2c(Nc3ccc4[nH]ncc4c3)ncnc2s1. The van der Waals surface area contributed by atoms with E-state index in [1.807, 2.05) is 37.2 Å². The summed E-state index contributed by atoms with van der Waals surface area (Å²) in [6.07, 6.45) is 3.40. The summed E-state index contributed by atoms with van der Waals surface area (Å²) in [7, 11) is 5.22. The average molecular weight is 424 g/mol. The Hall–Kier alpha value is -3.44. The Morgan fingerprint density at radius 3 is 2.83 bits per heavy atom. The summed E-state index contributed by atoms with van der Waals surface area (Å²) in [5, 5.41) is 11.3. The molecule has 0 spiro atoms. The van der Waals surface area contributed by atoms with Crippen LogP contribution in [0.4, 0.5) is 11.5 Å². The molecule has 0 saturated heterocycles. The largest absolute Gasteiger partial charge is 0.338 e. The van der Waals surface area contributed by atoms with Crippen LogP contribution in [0, 0.1) is 0 Å². The van der Waals surface area contributed by atoms with Crippen LogP contribution < -0.4 is 5.32 Å². The van der Waals surface area contributed by atoms with Gasteiger partial charge in [0.25, 0.3) is 5.91 Å². The van der Waals surface area contributed by atoms with Crippen LogP contribution in [0.5, 0.6) is 0 Å². The van der Waals surface area contributed by atoms with Gasteiger partial charge in [-0.1, -0.05) is 11.3 Å². The number of imide groups is 1. The minimum Gasteiger partial charge on any atom is -0.338 e. The molecule has 10 nitrogen and oxygen atoms in total. The number of nitrogens with zero attached hydrogens (tertiary/aromatic N) is 6. The number of benzene rings is 1. The van der Waals surface area contributed by atoms with Crippen LogP contribution in [0.3, 0.4) is 0 Å². The van der Waals surface area contributed by atoms with Gasteiger partial charge in [0.05, 0.1) is 11.7 Å². The molecule has 0 aliphatic carbocycles. The molecule has 1 aromatic carbocycles. The molecular formula is C19H20N8O2S. The van der Waals surface area contributed by atoms with Crippen molar-refractivity contribution < 1.29 is 9.59 Å². The maximum Gasteiger partial charge on any atom is 0.289 e. The lowest BCUT2D eigenvalue weighted by Gasteiger charge is -2.15. The van der Waals surface area contributed by atoms with Gasteiger partial charge < -0.3 is 10.2 Å². The monoisotopic (exact) mass is 424 g/mol. The van der Waals surface area contributed by atoms with Crippen molar-refractivity contribution in [3.8, 4) is 0 Å². The second-order valence-corrected chi connectivity index (χ2v) is 7.98. The fourth-order valence-corrected chi connectivity index (χ4v) is 3.72. The van der Waals surface area contributed by atoms with Crippen molar-refractivity contribution in [2.45, 2.75) is 6.42 Å². The molecule has 30 heavy (non-hydrogen) atoms. The lowest BCUT2D eigenvalue weighted by molar-refractivity contribution is -0.127. The zero-order valence-corrected chi connectivity index (χ0v) is 17.5. The van der Waals surface area contributed by atoms with E-state index < -0.39 is 5.91 Å². The highest BCUT2D eigenvalue weighted by Crippen LogP contribution is 2.28. The third kappa shape index (κ3) is 3.98. The molecule has 0 radical (unpaired) electrons. The van der Waals surface area contributed by atoms with Gasteiger partial charge in [0.15, 0.2) is 10.8 Å². The maximum atomic E-state index is 12.7. The predicted molar refractivity (Wildman–Crippen MR) is 115 cm³/mol. The summed E-state index contributed by atoms with van der Waals surface area (Å²) in [4.78, 5) is 41.5. The third-order valence-corrected chi connectivity index (χ3v) is 5.48. The average Bonchev–Trinajstić information content (AvgIpc) is 3.37. The van der Waals surface area contributed by atoms with Crippen LogP contribution in [0.25, 0.3) is 21.3 Å². The molecule has 0 saturated carbocycles. The van der Waals surface area contributed by atoms with Crippen LogP contribution in [-0.4, -0.2) is 74.5 Å². The molecule has 0 atom stereocenters. The van der Waals surface area contributed by atoms with Crippen LogP contribution in [0.1, 0.15) is 16.2 Å². The number of carbonyl (C=O) groups excluding carboxylic acids is 2. The molecule has 3 heterocycles. The first-order chi connectivity index (χ1) is 14.4. The summed E-state index contributed by atoms with van der Waals surface area (Å²) in [5.41, 5.74) is 2.21. The van der Waals surface area contributed by atoms with Crippen molar-refractivity contribution in [1.82, 2.24) is 34.9 Å². The number of H-pyrrole nitrogens is 1. The second kappa shape index (κ2) is 8.13. The van der Waals surface area contributed by atoms with Gasteiger partial charge >= 0.3 is 0 Å².